The van der Waals surface area contributed by atoms with Gasteiger partial charge in [-0.05, 0) is 66.7 Å². The van der Waals surface area contributed by atoms with Crippen LogP contribution in [0.1, 0.15) is 0 Å². The number of fused-ring (bicyclic) bond motifs is 24. The van der Waals surface area contributed by atoms with Gasteiger partial charge in [0.05, 0.1) is 27.6 Å². The summed E-state index contributed by atoms with van der Waals surface area (Å²) in [6.07, 6.45) is 0. The number of hydrogen-bond acceptors (Lipinski definition) is 9. The maximum atomic E-state index is 6.66. The molecule has 0 aliphatic rings. The predicted molar refractivity (Wildman–Crippen MR) is 390 cm³/mol. The summed E-state index contributed by atoms with van der Waals surface area (Å²) in [5.41, 5.74) is 14.5. The van der Waals surface area contributed by atoms with Gasteiger partial charge in [0.1, 0.15) is 33.3 Å². The van der Waals surface area contributed by atoms with Gasteiger partial charge in [-0.15, -0.1) is 0 Å². The van der Waals surface area contributed by atoms with Crippen LogP contribution in [0.4, 0.5) is 0 Å². The van der Waals surface area contributed by atoms with Crippen LogP contribution in [0.5, 0.6) is 0 Å². The van der Waals surface area contributed by atoms with Crippen molar-refractivity contribution in [2.24, 2.45) is 0 Å². The van der Waals surface area contributed by atoms with Crippen molar-refractivity contribution in [1.29, 1.82) is 0 Å². The van der Waals surface area contributed by atoms with E-state index in [0.29, 0.717) is 35.4 Å². The normalized spacial score (nSPS) is 12.1. The lowest BCUT2D eigenvalue weighted by atomic mass is 10.1. The van der Waals surface area contributed by atoms with Crippen LogP contribution < -0.4 is 0 Å². The van der Waals surface area contributed by atoms with Crippen molar-refractivity contribution in [2.75, 3.05) is 0 Å². The van der Waals surface area contributed by atoms with Crippen LogP contribution in [-0.2, 0) is 0 Å². The van der Waals surface area contributed by atoms with E-state index in [1.165, 1.54) is 0 Å². The minimum absolute atomic E-state index is 0.491. The maximum absolute atomic E-state index is 6.66. The Morgan fingerprint density at radius 3 is 0.742 bits per heavy atom. The Hall–Kier alpha value is -13.5. The molecule has 0 spiro atoms. The van der Waals surface area contributed by atoms with E-state index in [2.05, 4.69) is 194 Å². The van der Waals surface area contributed by atoms with Crippen molar-refractivity contribution >= 4 is 153 Å². The molecular weight excluding hydrogens is 1200 g/mol. The van der Waals surface area contributed by atoms with Crippen LogP contribution >= 0.6 is 0 Å². The molecule has 9 heterocycles. The van der Waals surface area contributed by atoms with E-state index in [4.69, 9.17) is 43.2 Å². The largest absolute Gasteiger partial charge is 0.454 e. The molecule has 22 rings (SSSR count). The molecule has 0 fully saturated rings. The van der Waals surface area contributed by atoms with Gasteiger partial charge in [-0.25, -0.2) is 0 Å². The second-order valence-electron chi connectivity index (χ2n) is 24.5. The summed E-state index contributed by atoms with van der Waals surface area (Å²) >= 11 is 0. The molecule has 0 saturated carbocycles. The number of benzene rings is 13. The summed E-state index contributed by atoms with van der Waals surface area (Å²) in [5, 5.41) is 15.1. The number of aromatic nitrogens is 10. The summed E-state index contributed by atoms with van der Waals surface area (Å²) in [4.78, 5) is 31.4. The number of furan rings is 3. The highest BCUT2D eigenvalue weighted by molar-refractivity contribution is 6.24. The number of para-hydroxylation sites is 8. The summed E-state index contributed by atoms with van der Waals surface area (Å²) < 4.78 is 28.5. The van der Waals surface area contributed by atoms with Gasteiger partial charge in [0.2, 0.25) is 23.8 Å². The highest BCUT2D eigenvalue weighted by Crippen LogP contribution is 2.45. The van der Waals surface area contributed by atoms with E-state index in [9.17, 15) is 0 Å². The molecule has 13 nitrogen and oxygen atoms in total. The lowest BCUT2D eigenvalue weighted by Gasteiger charge is -2.12. The topological polar surface area (TPSA) is 136 Å². The fraction of sp³-hybridized carbons (Fsp3) is 0. The standard InChI is InChI=1S/C45H25N5O2.C39H23N5O/c1-2-12-26(13-3-1)43-46-44(49-35-18-8-4-14-27(35)31-22-24-33-29-16-6-10-20-37(29)51-41(33)39(31)49)48-45(47-43)50-36-19-9-5-15-28(36)32-23-25-34-30-17-7-11-21-38(30)52-42(34)40(32)50;1-2-12-24(13-3-1)37-40-38(43-31-18-8-4-14-25(31)26-15-5-9-19-32(26)43)42-39(41-37)44-33-20-10-6-16-27(33)29-22-23-30-28-17-7-11-21-34(28)45-36(30)35(29)44/h1-25H;1-23H. The lowest BCUT2D eigenvalue weighted by Crippen LogP contribution is -2.10. The zero-order chi connectivity index (χ0) is 63.4. The number of nitrogens with zero attached hydrogens (tertiary/aromatic N) is 10. The first-order chi connectivity index (χ1) is 48.1. The predicted octanol–water partition coefficient (Wildman–Crippen LogP) is 21.2. The van der Waals surface area contributed by atoms with E-state index in [1.807, 2.05) is 115 Å². The average Bonchev–Trinajstić information content (AvgIpc) is 1.57. The first-order valence-corrected chi connectivity index (χ1v) is 32.3. The van der Waals surface area contributed by atoms with Crippen LogP contribution in [-0.4, -0.2) is 48.2 Å². The van der Waals surface area contributed by atoms with Crippen LogP contribution in [0.3, 0.4) is 0 Å². The van der Waals surface area contributed by atoms with Gasteiger partial charge >= 0.3 is 0 Å². The number of rotatable bonds is 6. The quantitative estimate of drug-likeness (QED) is 0.159. The summed E-state index contributed by atoms with van der Waals surface area (Å²) in [6, 6.07) is 99.8. The molecule has 0 aliphatic heterocycles. The Bertz CT molecular complexity index is 6770. The molecule has 452 valence electrons. The molecule has 0 saturated heterocycles. The molecular formula is C84H48N10O3. The molecule has 97 heavy (non-hydrogen) atoms. The van der Waals surface area contributed by atoms with Gasteiger partial charge in [0.25, 0.3) is 0 Å². The molecule has 9 aromatic heterocycles. The summed E-state index contributed by atoms with van der Waals surface area (Å²) in [7, 11) is 0. The van der Waals surface area contributed by atoms with E-state index in [0.717, 1.165) is 164 Å². The van der Waals surface area contributed by atoms with Crippen molar-refractivity contribution in [3.05, 3.63) is 291 Å². The van der Waals surface area contributed by atoms with Gasteiger partial charge < -0.3 is 13.3 Å². The average molecular weight is 1250 g/mol. The van der Waals surface area contributed by atoms with Gasteiger partial charge in [0, 0.05) is 86.5 Å². The Labute approximate surface area is 549 Å². The summed E-state index contributed by atoms with van der Waals surface area (Å²) in [5.74, 6) is 3.22. The van der Waals surface area contributed by atoms with Gasteiger partial charge in [-0.3, -0.25) is 18.3 Å². The Morgan fingerprint density at radius 1 is 0.186 bits per heavy atom. The van der Waals surface area contributed by atoms with Gasteiger partial charge in [-0.2, -0.15) is 29.9 Å². The van der Waals surface area contributed by atoms with Crippen molar-refractivity contribution in [1.82, 2.24) is 48.2 Å². The van der Waals surface area contributed by atoms with Crippen molar-refractivity contribution in [2.45, 2.75) is 0 Å². The van der Waals surface area contributed by atoms with Crippen molar-refractivity contribution < 1.29 is 13.3 Å². The van der Waals surface area contributed by atoms with Crippen molar-refractivity contribution in [3.8, 4) is 46.6 Å². The highest BCUT2D eigenvalue weighted by atomic mass is 16.3. The third-order valence-electron chi connectivity index (χ3n) is 19.2. The third-order valence-corrected chi connectivity index (χ3v) is 19.2. The number of hydrogen-bond donors (Lipinski definition) is 0. The Morgan fingerprint density at radius 2 is 0.423 bits per heavy atom. The minimum Gasteiger partial charge on any atom is -0.454 e. The maximum Gasteiger partial charge on any atom is 0.240 e. The summed E-state index contributed by atoms with van der Waals surface area (Å²) in [6.45, 7) is 0. The zero-order valence-corrected chi connectivity index (χ0v) is 51.4. The smallest absolute Gasteiger partial charge is 0.240 e. The van der Waals surface area contributed by atoms with E-state index < -0.39 is 0 Å². The Balaban J connectivity index is 0.000000130. The van der Waals surface area contributed by atoms with E-state index >= 15 is 0 Å². The fourth-order valence-corrected chi connectivity index (χ4v) is 15.0. The van der Waals surface area contributed by atoms with Gasteiger partial charge in [0.15, 0.2) is 28.4 Å². The third kappa shape index (κ3) is 7.81. The minimum atomic E-state index is 0.491. The first kappa shape index (κ1) is 53.0. The zero-order valence-electron chi connectivity index (χ0n) is 51.4. The lowest BCUT2D eigenvalue weighted by molar-refractivity contribution is 0.670. The molecule has 0 amide bonds. The van der Waals surface area contributed by atoms with Crippen LogP contribution in [0.15, 0.2) is 304 Å². The van der Waals surface area contributed by atoms with Crippen molar-refractivity contribution in [3.63, 3.8) is 0 Å². The molecule has 22 aromatic rings. The molecule has 0 unspecified atom stereocenters. The molecule has 0 atom stereocenters. The molecule has 0 bridgehead atoms. The molecule has 0 aliphatic carbocycles. The van der Waals surface area contributed by atoms with Gasteiger partial charge in [-0.1, -0.05) is 224 Å². The van der Waals surface area contributed by atoms with Crippen LogP contribution in [0.2, 0.25) is 0 Å². The highest BCUT2D eigenvalue weighted by Gasteiger charge is 2.27. The molecule has 0 N–H and O–H groups in total. The van der Waals surface area contributed by atoms with Crippen LogP contribution in [0, 0.1) is 0 Å². The molecule has 13 aromatic carbocycles. The Kier molecular flexibility index (Phi) is 11.2. The fourth-order valence-electron chi connectivity index (χ4n) is 15.0. The van der Waals surface area contributed by atoms with Crippen LogP contribution in [0.25, 0.3) is 200 Å². The van der Waals surface area contributed by atoms with E-state index in [1.54, 1.807) is 0 Å². The molecule has 0 radical (unpaired) electrons. The second-order valence-corrected chi connectivity index (χ2v) is 24.5. The molecule has 13 heteroatoms. The first-order valence-electron chi connectivity index (χ1n) is 32.3. The SMILES string of the molecule is c1ccc(-c2nc(-n3c4ccccc4c4ccc5c6ccccc6oc5c43)nc(-n3c4ccccc4c4ccc5c6ccccc6oc5c43)n2)cc1.c1ccc(-c2nc(-n3c4ccccc4c4ccccc43)nc(-n3c4ccccc4c4ccc5c6ccccc6oc5c43)n2)cc1. The monoisotopic (exact) mass is 1240 g/mol. The second kappa shape index (κ2) is 20.5. The van der Waals surface area contributed by atoms with E-state index in [-0.39, 0.29) is 0 Å².